The Hall–Kier alpha value is -2.10. The minimum absolute atomic E-state index is 0.0107. The number of hydrogen-bond acceptors (Lipinski definition) is 5. The monoisotopic (exact) mass is 293 g/mol. The van der Waals surface area contributed by atoms with E-state index in [1.807, 2.05) is 13.8 Å². The number of nitro groups is 1. The van der Waals surface area contributed by atoms with Crippen LogP contribution in [0.1, 0.15) is 20.8 Å². The minimum atomic E-state index is -1.12. The molecule has 0 atom stereocenters. The van der Waals surface area contributed by atoms with Crippen LogP contribution in [0.5, 0.6) is 5.75 Å². The van der Waals surface area contributed by atoms with Crippen LogP contribution in [0.15, 0.2) is 24.3 Å². The SMILES string of the molecule is CC#CC(COc1ccc([N+](=O)[O-])cc1)(OCC)OCC. The Morgan fingerprint density at radius 2 is 1.76 bits per heavy atom. The van der Waals surface area contributed by atoms with E-state index < -0.39 is 10.7 Å². The van der Waals surface area contributed by atoms with Crippen LogP contribution in [0.2, 0.25) is 0 Å². The molecule has 1 aromatic rings. The lowest BCUT2D eigenvalue weighted by Crippen LogP contribution is -2.41. The first-order valence-corrected chi connectivity index (χ1v) is 6.66. The molecule has 0 N–H and O–H groups in total. The molecule has 21 heavy (non-hydrogen) atoms. The number of benzene rings is 1. The van der Waals surface area contributed by atoms with Crippen molar-refractivity contribution in [2.75, 3.05) is 19.8 Å². The highest BCUT2D eigenvalue weighted by Crippen LogP contribution is 2.20. The molecule has 0 amide bonds. The zero-order chi connectivity index (χ0) is 15.7. The average molecular weight is 293 g/mol. The van der Waals surface area contributed by atoms with Gasteiger partial charge in [0.25, 0.3) is 11.5 Å². The fourth-order valence-electron chi connectivity index (χ4n) is 1.73. The molecule has 0 unspecified atom stereocenters. The van der Waals surface area contributed by atoms with Gasteiger partial charge in [0, 0.05) is 25.3 Å². The Kier molecular flexibility index (Phi) is 6.66. The van der Waals surface area contributed by atoms with Crippen LogP contribution >= 0.6 is 0 Å². The molecular weight excluding hydrogens is 274 g/mol. The third kappa shape index (κ3) is 5.06. The molecule has 114 valence electrons. The molecule has 0 fully saturated rings. The molecule has 0 heterocycles. The van der Waals surface area contributed by atoms with E-state index in [9.17, 15) is 10.1 Å². The van der Waals surface area contributed by atoms with Gasteiger partial charge in [0.05, 0.1) is 4.92 Å². The molecule has 0 aromatic heterocycles. The third-order valence-electron chi connectivity index (χ3n) is 2.55. The van der Waals surface area contributed by atoms with Crippen molar-refractivity contribution in [3.05, 3.63) is 34.4 Å². The van der Waals surface area contributed by atoms with Crippen LogP contribution in [0, 0.1) is 22.0 Å². The zero-order valence-corrected chi connectivity index (χ0v) is 12.4. The minimum Gasteiger partial charge on any atom is -0.487 e. The van der Waals surface area contributed by atoms with Gasteiger partial charge in [-0.05, 0) is 38.8 Å². The fraction of sp³-hybridized carbons (Fsp3) is 0.467. The van der Waals surface area contributed by atoms with Crippen molar-refractivity contribution >= 4 is 5.69 Å². The van der Waals surface area contributed by atoms with Crippen LogP contribution in [0.4, 0.5) is 5.69 Å². The Balaban J connectivity index is 2.79. The summed E-state index contributed by atoms with van der Waals surface area (Å²) in [6.07, 6.45) is 0. The lowest BCUT2D eigenvalue weighted by atomic mass is 10.2. The second-order valence-electron chi connectivity index (χ2n) is 4.03. The summed E-state index contributed by atoms with van der Waals surface area (Å²) in [5.41, 5.74) is 0.0107. The van der Waals surface area contributed by atoms with Crippen molar-refractivity contribution in [3.8, 4) is 17.6 Å². The standard InChI is InChI=1S/C15H19NO5/c1-4-11-15(20-5-2,21-6-3)12-19-14-9-7-13(8-10-14)16(17)18/h7-10H,5-6,12H2,1-3H3. The van der Waals surface area contributed by atoms with Crippen LogP contribution in [-0.4, -0.2) is 30.5 Å². The van der Waals surface area contributed by atoms with Gasteiger partial charge in [-0.1, -0.05) is 0 Å². The average Bonchev–Trinajstić information content (AvgIpc) is 2.46. The molecule has 0 aliphatic heterocycles. The van der Waals surface area contributed by atoms with Crippen LogP contribution < -0.4 is 4.74 Å². The number of nitro benzene ring substituents is 1. The van der Waals surface area contributed by atoms with Crippen molar-refractivity contribution < 1.29 is 19.1 Å². The van der Waals surface area contributed by atoms with Gasteiger partial charge in [0.15, 0.2) is 6.61 Å². The van der Waals surface area contributed by atoms with E-state index in [0.29, 0.717) is 19.0 Å². The molecule has 0 aliphatic carbocycles. The Bertz CT molecular complexity index is 509. The number of ether oxygens (including phenoxy) is 3. The zero-order valence-electron chi connectivity index (χ0n) is 12.4. The largest absolute Gasteiger partial charge is 0.487 e. The molecule has 0 spiro atoms. The van der Waals surface area contributed by atoms with Crippen LogP contribution in [-0.2, 0) is 9.47 Å². The molecule has 1 rings (SSSR count). The quantitative estimate of drug-likeness (QED) is 0.319. The van der Waals surface area contributed by atoms with E-state index in [4.69, 9.17) is 14.2 Å². The molecule has 6 heteroatoms. The van der Waals surface area contributed by atoms with E-state index >= 15 is 0 Å². The first kappa shape index (κ1) is 17.0. The summed E-state index contributed by atoms with van der Waals surface area (Å²) in [5, 5.41) is 10.6. The van der Waals surface area contributed by atoms with Crippen molar-refractivity contribution in [1.29, 1.82) is 0 Å². The van der Waals surface area contributed by atoms with Gasteiger partial charge in [-0.25, -0.2) is 0 Å². The van der Waals surface area contributed by atoms with Gasteiger partial charge < -0.3 is 14.2 Å². The molecule has 0 saturated heterocycles. The lowest BCUT2D eigenvalue weighted by molar-refractivity contribution is -0.384. The molecule has 1 aromatic carbocycles. The first-order valence-electron chi connectivity index (χ1n) is 6.66. The van der Waals surface area contributed by atoms with Crippen molar-refractivity contribution in [1.82, 2.24) is 0 Å². The van der Waals surface area contributed by atoms with Crippen molar-refractivity contribution in [2.24, 2.45) is 0 Å². The number of nitrogens with zero attached hydrogens (tertiary/aromatic N) is 1. The van der Waals surface area contributed by atoms with Crippen molar-refractivity contribution in [2.45, 2.75) is 26.6 Å². The second-order valence-corrected chi connectivity index (χ2v) is 4.03. The summed E-state index contributed by atoms with van der Waals surface area (Å²) in [6.45, 7) is 6.32. The Morgan fingerprint density at radius 1 is 1.19 bits per heavy atom. The summed E-state index contributed by atoms with van der Waals surface area (Å²) in [4.78, 5) is 10.1. The number of hydrogen-bond donors (Lipinski definition) is 0. The predicted octanol–water partition coefficient (Wildman–Crippen LogP) is 2.77. The van der Waals surface area contributed by atoms with E-state index in [1.165, 1.54) is 24.3 Å². The molecule has 0 saturated carbocycles. The molecule has 0 bridgehead atoms. The highest BCUT2D eigenvalue weighted by atomic mass is 16.7. The van der Waals surface area contributed by atoms with Crippen LogP contribution in [0.25, 0.3) is 0 Å². The lowest BCUT2D eigenvalue weighted by Gasteiger charge is -2.27. The number of rotatable bonds is 8. The second kappa shape index (κ2) is 8.25. The Morgan fingerprint density at radius 3 is 2.19 bits per heavy atom. The molecule has 0 aliphatic rings. The van der Waals surface area contributed by atoms with Crippen molar-refractivity contribution in [3.63, 3.8) is 0 Å². The molecular formula is C15H19NO5. The summed E-state index contributed by atoms with van der Waals surface area (Å²) >= 11 is 0. The molecule has 0 radical (unpaired) electrons. The summed E-state index contributed by atoms with van der Waals surface area (Å²) in [5.74, 6) is 5.00. The number of non-ortho nitro benzene ring substituents is 1. The summed E-state index contributed by atoms with van der Waals surface area (Å²) < 4.78 is 16.7. The maximum atomic E-state index is 10.6. The van der Waals surface area contributed by atoms with E-state index in [1.54, 1.807) is 6.92 Å². The highest BCUT2D eigenvalue weighted by molar-refractivity contribution is 5.36. The summed E-state index contributed by atoms with van der Waals surface area (Å²) in [7, 11) is 0. The highest BCUT2D eigenvalue weighted by Gasteiger charge is 2.30. The maximum absolute atomic E-state index is 10.6. The third-order valence-corrected chi connectivity index (χ3v) is 2.55. The maximum Gasteiger partial charge on any atom is 0.269 e. The molecule has 6 nitrogen and oxygen atoms in total. The van der Waals surface area contributed by atoms with Gasteiger partial charge in [-0.2, -0.15) is 0 Å². The predicted molar refractivity (Wildman–Crippen MR) is 78.0 cm³/mol. The van der Waals surface area contributed by atoms with E-state index in [0.717, 1.165) is 0 Å². The Labute approximate surface area is 124 Å². The summed E-state index contributed by atoms with van der Waals surface area (Å²) in [6, 6.07) is 5.81. The van der Waals surface area contributed by atoms with Gasteiger partial charge in [-0.15, -0.1) is 5.92 Å². The van der Waals surface area contributed by atoms with Crippen LogP contribution in [0.3, 0.4) is 0 Å². The van der Waals surface area contributed by atoms with Gasteiger partial charge in [-0.3, -0.25) is 10.1 Å². The van der Waals surface area contributed by atoms with E-state index in [2.05, 4.69) is 11.8 Å². The fourth-order valence-corrected chi connectivity index (χ4v) is 1.73. The normalized spacial score (nSPS) is 10.6. The topological polar surface area (TPSA) is 70.8 Å². The first-order chi connectivity index (χ1) is 10.1. The van der Waals surface area contributed by atoms with Gasteiger partial charge >= 0.3 is 0 Å². The van der Waals surface area contributed by atoms with Gasteiger partial charge in [0.1, 0.15) is 5.75 Å². The van der Waals surface area contributed by atoms with Gasteiger partial charge in [0.2, 0.25) is 0 Å². The smallest absolute Gasteiger partial charge is 0.269 e. The van der Waals surface area contributed by atoms with E-state index in [-0.39, 0.29) is 12.3 Å².